The summed E-state index contributed by atoms with van der Waals surface area (Å²) >= 11 is 1.63. The van der Waals surface area contributed by atoms with Crippen LogP contribution >= 0.6 is 11.3 Å². The van der Waals surface area contributed by atoms with Gasteiger partial charge in [0.1, 0.15) is 5.01 Å². The monoisotopic (exact) mass is 444 g/mol. The number of aromatic nitrogens is 1. The molecule has 0 unspecified atom stereocenters. The van der Waals surface area contributed by atoms with E-state index in [0.29, 0.717) is 23.6 Å². The lowest BCUT2D eigenvalue weighted by Gasteiger charge is -2.10. The Kier molecular flexibility index (Phi) is 6.52. The molecule has 0 saturated heterocycles. The molecular formula is C26H24N2O3S. The van der Waals surface area contributed by atoms with Crippen LogP contribution in [-0.4, -0.2) is 25.1 Å². The van der Waals surface area contributed by atoms with Gasteiger partial charge in [0.15, 0.2) is 11.5 Å². The van der Waals surface area contributed by atoms with Crippen LogP contribution in [0.1, 0.15) is 21.5 Å². The summed E-state index contributed by atoms with van der Waals surface area (Å²) in [6, 6.07) is 21.6. The molecule has 4 aromatic rings. The third kappa shape index (κ3) is 4.81. The highest BCUT2D eigenvalue weighted by Gasteiger charge is 2.11. The van der Waals surface area contributed by atoms with E-state index >= 15 is 0 Å². The Morgan fingerprint density at radius 1 is 0.906 bits per heavy atom. The normalized spacial score (nSPS) is 10.6. The van der Waals surface area contributed by atoms with Gasteiger partial charge in [-0.1, -0.05) is 54.1 Å². The topological polar surface area (TPSA) is 60.5 Å². The Hall–Kier alpha value is -3.64. The lowest BCUT2D eigenvalue weighted by atomic mass is 10.1. The fourth-order valence-corrected chi connectivity index (χ4v) is 4.13. The van der Waals surface area contributed by atoms with Crippen LogP contribution in [-0.2, 0) is 6.54 Å². The number of carbonyl (C=O) groups is 1. The Morgan fingerprint density at radius 3 is 2.28 bits per heavy atom. The van der Waals surface area contributed by atoms with Gasteiger partial charge < -0.3 is 14.8 Å². The van der Waals surface area contributed by atoms with Gasteiger partial charge in [0, 0.05) is 28.6 Å². The van der Waals surface area contributed by atoms with Crippen molar-refractivity contribution in [2.75, 3.05) is 14.2 Å². The van der Waals surface area contributed by atoms with E-state index in [2.05, 4.69) is 41.9 Å². The molecule has 0 bridgehead atoms. The molecule has 4 rings (SSSR count). The van der Waals surface area contributed by atoms with E-state index in [1.165, 1.54) is 5.56 Å². The van der Waals surface area contributed by atoms with E-state index in [-0.39, 0.29) is 5.91 Å². The van der Waals surface area contributed by atoms with E-state index < -0.39 is 0 Å². The lowest BCUT2D eigenvalue weighted by molar-refractivity contribution is 0.0950. The first-order valence-corrected chi connectivity index (χ1v) is 11.1. The van der Waals surface area contributed by atoms with Crippen LogP contribution in [0.4, 0.5) is 0 Å². The van der Waals surface area contributed by atoms with Crippen molar-refractivity contribution < 1.29 is 14.3 Å². The number of nitrogens with one attached hydrogen (secondary N) is 1. The second-order valence-electron chi connectivity index (χ2n) is 7.35. The fourth-order valence-electron chi connectivity index (χ4n) is 3.29. The maximum atomic E-state index is 12.5. The minimum absolute atomic E-state index is 0.169. The van der Waals surface area contributed by atoms with Crippen LogP contribution in [0.5, 0.6) is 11.5 Å². The minimum atomic E-state index is -0.169. The number of nitrogens with zero attached hydrogens (tertiary/aromatic N) is 1. The summed E-state index contributed by atoms with van der Waals surface area (Å²) < 4.78 is 10.5. The molecule has 0 radical (unpaired) electrons. The molecule has 1 aromatic heterocycles. The molecule has 0 saturated carbocycles. The molecule has 1 N–H and O–H groups in total. The van der Waals surface area contributed by atoms with Crippen LogP contribution in [0, 0.1) is 6.92 Å². The van der Waals surface area contributed by atoms with Gasteiger partial charge in [-0.3, -0.25) is 4.79 Å². The molecule has 0 spiro atoms. The molecule has 3 aromatic carbocycles. The van der Waals surface area contributed by atoms with Gasteiger partial charge in [0.05, 0.1) is 19.9 Å². The maximum absolute atomic E-state index is 12.5. The Balaban J connectivity index is 1.40. The van der Waals surface area contributed by atoms with Crippen molar-refractivity contribution in [3.8, 4) is 33.3 Å². The van der Waals surface area contributed by atoms with Crippen molar-refractivity contribution in [2.45, 2.75) is 13.5 Å². The lowest BCUT2D eigenvalue weighted by Crippen LogP contribution is -2.22. The summed E-state index contributed by atoms with van der Waals surface area (Å²) in [5, 5.41) is 6.00. The first kappa shape index (κ1) is 21.6. The number of rotatable bonds is 7. The van der Waals surface area contributed by atoms with Gasteiger partial charge in [-0.2, -0.15) is 0 Å². The summed E-state index contributed by atoms with van der Waals surface area (Å²) in [5.74, 6) is 0.947. The smallest absolute Gasteiger partial charge is 0.251 e. The van der Waals surface area contributed by atoms with Crippen LogP contribution in [0.25, 0.3) is 21.8 Å². The van der Waals surface area contributed by atoms with Crippen molar-refractivity contribution in [1.29, 1.82) is 0 Å². The van der Waals surface area contributed by atoms with Crippen LogP contribution in [0.3, 0.4) is 0 Å². The highest BCUT2D eigenvalue weighted by Crippen LogP contribution is 2.29. The molecule has 6 heteroatoms. The third-order valence-corrected chi connectivity index (χ3v) is 6.04. The molecule has 1 heterocycles. The van der Waals surface area contributed by atoms with Gasteiger partial charge in [-0.25, -0.2) is 4.98 Å². The number of benzene rings is 3. The molecule has 0 fully saturated rings. The van der Waals surface area contributed by atoms with E-state index in [1.807, 2.05) is 24.3 Å². The SMILES string of the molecule is COc1ccc(C(=O)NCc2ccc(-c3nc(-c4ccc(C)cc4)cs3)cc2)cc1OC. The van der Waals surface area contributed by atoms with E-state index in [0.717, 1.165) is 27.4 Å². The largest absolute Gasteiger partial charge is 0.493 e. The Labute approximate surface area is 191 Å². The zero-order chi connectivity index (χ0) is 22.5. The van der Waals surface area contributed by atoms with Gasteiger partial charge in [0.2, 0.25) is 0 Å². The summed E-state index contributed by atoms with van der Waals surface area (Å²) in [6.07, 6.45) is 0. The highest BCUT2D eigenvalue weighted by atomic mass is 32.1. The molecule has 162 valence electrons. The number of methoxy groups -OCH3 is 2. The minimum Gasteiger partial charge on any atom is -0.493 e. The molecule has 0 aliphatic rings. The number of aryl methyl sites for hydroxylation is 1. The second-order valence-corrected chi connectivity index (χ2v) is 8.21. The molecule has 0 aliphatic heterocycles. The molecular weight excluding hydrogens is 420 g/mol. The summed E-state index contributed by atoms with van der Waals surface area (Å²) in [4.78, 5) is 17.3. The van der Waals surface area contributed by atoms with Crippen molar-refractivity contribution in [3.05, 3.63) is 88.8 Å². The van der Waals surface area contributed by atoms with Crippen molar-refractivity contribution >= 4 is 17.2 Å². The molecule has 0 atom stereocenters. The fraction of sp³-hybridized carbons (Fsp3) is 0.154. The van der Waals surface area contributed by atoms with Gasteiger partial charge in [-0.05, 0) is 30.7 Å². The molecule has 0 aliphatic carbocycles. The van der Waals surface area contributed by atoms with Gasteiger partial charge in [0.25, 0.3) is 5.91 Å². The number of ether oxygens (including phenoxy) is 2. The first-order chi connectivity index (χ1) is 15.6. The quantitative estimate of drug-likeness (QED) is 0.395. The second kappa shape index (κ2) is 9.66. The highest BCUT2D eigenvalue weighted by molar-refractivity contribution is 7.13. The maximum Gasteiger partial charge on any atom is 0.251 e. The van der Waals surface area contributed by atoms with E-state index in [9.17, 15) is 4.79 Å². The first-order valence-electron chi connectivity index (χ1n) is 10.2. The predicted molar refractivity (Wildman–Crippen MR) is 128 cm³/mol. The number of hydrogen-bond donors (Lipinski definition) is 1. The predicted octanol–water partition coefficient (Wildman–Crippen LogP) is 5.73. The number of carbonyl (C=O) groups excluding carboxylic acids is 1. The van der Waals surface area contributed by atoms with E-state index in [4.69, 9.17) is 14.5 Å². The van der Waals surface area contributed by atoms with E-state index in [1.54, 1.807) is 43.8 Å². The molecule has 1 amide bonds. The number of amides is 1. The third-order valence-electron chi connectivity index (χ3n) is 5.15. The van der Waals surface area contributed by atoms with Gasteiger partial charge >= 0.3 is 0 Å². The summed E-state index contributed by atoms with van der Waals surface area (Å²) in [7, 11) is 3.11. The number of thiazole rings is 1. The standard InChI is InChI=1S/C26H24N2O3S/c1-17-4-8-19(9-5-17)22-16-32-26(28-22)20-10-6-18(7-11-20)15-27-25(29)21-12-13-23(30-2)24(14-21)31-3/h4-14,16H,15H2,1-3H3,(H,27,29). The molecule has 32 heavy (non-hydrogen) atoms. The summed E-state index contributed by atoms with van der Waals surface area (Å²) in [5.41, 5.74) is 5.92. The van der Waals surface area contributed by atoms with Crippen molar-refractivity contribution in [3.63, 3.8) is 0 Å². The zero-order valence-electron chi connectivity index (χ0n) is 18.2. The Morgan fingerprint density at radius 2 is 1.59 bits per heavy atom. The Bertz CT molecular complexity index is 1210. The zero-order valence-corrected chi connectivity index (χ0v) is 19.0. The molecule has 5 nitrogen and oxygen atoms in total. The average Bonchev–Trinajstić information content (AvgIpc) is 3.33. The number of hydrogen-bond acceptors (Lipinski definition) is 5. The van der Waals surface area contributed by atoms with Crippen LogP contribution < -0.4 is 14.8 Å². The van der Waals surface area contributed by atoms with Crippen LogP contribution in [0.2, 0.25) is 0 Å². The average molecular weight is 445 g/mol. The summed E-state index contributed by atoms with van der Waals surface area (Å²) in [6.45, 7) is 2.51. The van der Waals surface area contributed by atoms with Gasteiger partial charge in [-0.15, -0.1) is 11.3 Å². The van der Waals surface area contributed by atoms with Crippen molar-refractivity contribution in [1.82, 2.24) is 10.3 Å². The van der Waals surface area contributed by atoms with Crippen molar-refractivity contribution in [2.24, 2.45) is 0 Å². The van der Waals surface area contributed by atoms with Crippen LogP contribution in [0.15, 0.2) is 72.1 Å².